The summed E-state index contributed by atoms with van der Waals surface area (Å²) in [4.78, 5) is 0. The van der Waals surface area contributed by atoms with Gasteiger partial charge in [0.05, 0.1) is 50.2 Å². The summed E-state index contributed by atoms with van der Waals surface area (Å²) in [5.41, 5.74) is 27.4. The molecule has 4 aromatic carbocycles. The van der Waals surface area contributed by atoms with E-state index in [-0.39, 0.29) is 0 Å². The highest BCUT2D eigenvalue weighted by molar-refractivity contribution is 5.90. The number of ether oxygens (including phenoxy) is 4. The van der Waals surface area contributed by atoms with Gasteiger partial charge in [0.2, 0.25) is 0 Å². The highest BCUT2D eigenvalue weighted by Crippen LogP contribution is 2.31. The molecule has 8 N–H and O–H groups in total. The molecule has 6 aromatic rings. The normalized spacial score (nSPS) is 11.2. The predicted octanol–water partition coefficient (Wildman–Crippen LogP) is 4.25. The van der Waals surface area contributed by atoms with E-state index in [1.54, 1.807) is 9.36 Å². The molecule has 2 heterocycles. The smallest absolute Gasteiger partial charge is 0.125 e. The molecule has 0 saturated carbocycles. The lowest BCUT2D eigenvalue weighted by Gasteiger charge is -2.12. The number of hydrogen-bond acceptors (Lipinski definition) is 12. The number of rotatable bonds is 20. The Morgan fingerprint density at radius 2 is 0.808 bits per heavy atom. The molecular weight excluding hydrogens is 660 g/mol. The van der Waals surface area contributed by atoms with Crippen molar-refractivity contribution in [2.45, 2.75) is 25.7 Å². The van der Waals surface area contributed by atoms with Crippen molar-refractivity contribution in [2.75, 3.05) is 52.6 Å². The van der Waals surface area contributed by atoms with Crippen molar-refractivity contribution in [3.05, 3.63) is 85.2 Å². The number of fused-ring (bicyclic) bond motifs is 1. The lowest BCUT2D eigenvalue weighted by Crippen LogP contribution is -2.08. The van der Waals surface area contributed by atoms with Crippen LogP contribution in [0.1, 0.15) is 25.7 Å². The van der Waals surface area contributed by atoms with Gasteiger partial charge in [-0.15, -0.1) is 10.2 Å². The molecule has 0 aliphatic carbocycles. The topological polar surface area (TPSA) is 202 Å². The molecule has 52 heavy (non-hydrogen) atoms. The van der Waals surface area contributed by atoms with E-state index in [1.165, 1.54) is 0 Å². The van der Waals surface area contributed by atoms with Gasteiger partial charge in [0, 0.05) is 47.5 Å². The Morgan fingerprint density at radius 3 is 1.15 bits per heavy atom. The molecule has 2 aromatic heterocycles. The van der Waals surface area contributed by atoms with Gasteiger partial charge in [-0.25, -0.2) is 9.36 Å². The third-order valence-corrected chi connectivity index (χ3v) is 8.15. The van der Waals surface area contributed by atoms with Crippen LogP contribution in [0.25, 0.3) is 44.7 Å². The number of benzene rings is 4. The first-order chi connectivity index (χ1) is 25.6. The Kier molecular flexibility index (Phi) is 12.6. The van der Waals surface area contributed by atoms with Gasteiger partial charge in [-0.2, -0.15) is 0 Å². The molecule has 0 amide bonds. The van der Waals surface area contributed by atoms with Crippen LogP contribution in [0.3, 0.4) is 0 Å². The number of aromatic nitrogens is 6. The molecule has 0 spiro atoms. The largest absolute Gasteiger partial charge is 0.493 e. The zero-order chi connectivity index (χ0) is 36.1. The number of nitrogens with two attached hydrogens (primary N) is 4. The van der Waals surface area contributed by atoms with E-state index in [9.17, 15) is 0 Å². The molecule has 0 aliphatic heterocycles. The van der Waals surface area contributed by atoms with Gasteiger partial charge in [0.1, 0.15) is 34.4 Å². The summed E-state index contributed by atoms with van der Waals surface area (Å²) in [7, 11) is 0. The van der Waals surface area contributed by atoms with Crippen molar-refractivity contribution < 1.29 is 18.9 Å². The Balaban J connectivity index is 1.24. The van der Waals surface area contributed by atoms with Crippen LogP contribution < -0.4 is 41.9 Å². The summed E-state index contributed by atoms with van der Waals surface area (Å²) in [5.74, 6) is 2.67. The van der Waals surface area contributed by atoms with Gasteiger partial charge in [0.25, 0.3) is 0 Å². The summed E-state index contributed by atoms with van der Waals surface area (Å²) < 4.78 is 27.2. The van der Waals surface area contributed by atoms with E-state index in [2.05, 4.69) is 44.9 Å². The maximum Gasteiger partial charge on any atom is 0.125 e. The van der Waals surface area contributed by atoms with Crippen molar-refractivity contribution in [2.24, 2.45) is 22.9 Å². The van der Waals surface area contributed by atoms with E-state index in [0.717, 1.165) is 70.3 Å². The first kappa shape index (κ1) is 36.3. The van der Waals surface area contributed by atoms with Crippen molar-refractivity contribution in [3.63, 3.8) is 0 Å². The average molecular weight is 707 g/mol. The molecular formula is C38H46N10O4. The number of nitrogens with zero attached hydrogens (tertiary/aromatic N) is 6. The second-order valence-electron chi connectivity index (χ2n) is 12.2. The Morgan fingerprint density at radius 1 is 0.442 bits per heavy atom. The fraction of sp³-hybridized carbons (Fsp3) is 0.316. The predicted molar refractivity (Wildman–Crippen MR) is 201 cm³/mol. The lowest BCUT2D eigenvalue weighted by molar-refractivity contribution is 0.297. The second kappa shape index (κ2) is 18.1. The average Bonchev–Trinajstić information content (AvgIpc) is 3.87. The number of hydrogen-bond donors (Lipinski definition) is 4. The molecule has 14 nitrogen and oxygen atoms in total. The van der Waals surface area contributed by atoms with E-state index < -0.39 is 0 Å². The molecule has 272 valence electrons. The minimum absolute atomic E-state index is 0.503. The molecule has 6 rings (SSSR count). The van der Waals surface area contributed by atoms with Gasteiger partial charge < -0.3 is 41.9 Å². The minimum atomic E-state index is 0.503. The monoisotopic (exact) mass is 706 g/mol. The van der Waals surface area contributed by atoms with Gasteiger partial charge in [-0.3, -0.25) is 0 Å². The zero-order valence-electron chi connectivity index (χ0n) is 29.2. The van der Waals surface area contributed by atoms with Crippen LogP contribution in [-0.2, 0) is 0 Å². The molecule has 0 bridgehead atoms. The van der Waals surface area contributed by atoms with E-state index in [4.69, 9.17) is 41.9 Å². The fourth-order valence-electron chi connectivity index (χ4n) is 5.41. The zero-order valence-corrected chi connectivity index (χ0v) is 29.2. The molecule has 0 saturated heterocycles. The van der Waals surface area contributed by atoms with Crippen LogP contribution in [0, 0.1) is 0 Å². The summed E-state index contributed by atoms with van der Waals surface area (Å²) >= 11 is 0. The van der Waals surface area contributed by atoms with Crippen molar-refractivity contribution in [3.8, 4) is 56.9 Å². The summed E-state index contributed by atoms with van der Waals surface area (Å²) in [5, 5.41) is 20.0. The van der Waals surface area contributed by atoms with Gasteiger partial charge in [-0.05, 0) is 74.8 Å². The minimum Gasteiger partial charge on any atom is -0.493 e. The second-order valence-corrected chi connectivity index (χ2v) is 12.2. The van der Waals surface area contributed by atoms with E-state index in [1.807, 2.05) is 60.9 Å². The van der Waals surface area contributed by atoms with Crippen LogP contribution >= 0.6 is 0 Å². The Labute approximate surface area is 302 Å². The summed E-state index contributed by atoms with van der Waals surface area (Å²) in [6.07, 6.45) is 6.76. The molecule has 14 heteroatoms. The first-order valence-electron chi connectivity index (χ1n) is 17.6. The summed E-state index contributed by atoms with van der Waals surface area (Å²) in [6.45, 7) is 4.21. The molecule has 0 aliphatic rings. The van der Waals surface area contributed by atoms with Crippen LogP contribution in [-0.4, -0.2) is 82.6 Å². The summed E-state index contributed by atoms with van der Waals surface area (Å²) in [6, 6.07) is 23.8. The van der Waals surface area contributed by atoms with Crippen LogP contribution in [0.15, 0.2) is 85.2 Å². The van der Waals surface area contributed by atoms with Crippen LogP contribution in [0.4, 0.5) is 0 Å². The van der Waals surface area contributed by atoms with Crippen LogP contribution in [0.5, 0.6) is 23.0 Å². The maximum absolute atomic E-state index is 5.94. The third kappa shape index (κ3) is 9.41. The van der Waals surface area contributed by atoms with Crippen molar-refractivity contribution in [1.82, 2.24) is 30.0 Å². The quantitative estimate of drug-likeness (QED) is 0.0824. The fourth-order valence-corrected chi connectivity index (χ4v) is 5.41. The molecule has 0 fully saturated rings. The standard InChI is InChI=1S/C38H46N10O4/c39-9-1-13-49-33-19-31(20-34(23-33)50-14-2-10-40)47-25-37(43-45-47)28-7-5-27-6-8-29(18-30(27)17-28)38-26-48(46-44-38)32-21-35(51-15-3-11-41)24-36(22-32)52-16-4-12-42/h5-8,17-26H,1-4,9-16,39-42H2. The van der Waals surface area contributed by atoms with E-state index >= 15 is 0 Å². The van der Waals surface area contributed by atoms with E-state index in [0.29, 0.717) is 75.6 Å². The molecule has 0 unspecified atom stereocenters. The first-order valence-corrected chi connectivity index (χ1v) is 17.6. The van der Waals surface area contributed by atoms with Crippen molar-refractivity contribution >= 4 is 10.8 Å². The highest BCUT2D eigenvalue weighted by Gasteiger charge is 2.13. The van der Waals surface area contributed by atoms with Gasteiger partial charge in [-0.1, -0.05) is 34.7 Å². The Bertz CT molecular complexity index is 1850. The van der Waals surface area contributed by atoms with Gasteiger partial charge in [0.15, 0.2) is 0 Å². The SMILES string of the molecule is NCCCOc1cc(OCCCN)cc(-n2cc(-c3ccc4ccc(-c5cn(-c6cc(OCCCN)cc(OCCCN)c6)nn5)cc4c3)nn2)c1. The van der Waals surface area contributed by atoms with Crippen LogP contribution in [0.2, 0.25) is 0 Å². The molecule has 0 atom stereocenters. The maximum atomic E-state index is 5.94. The Hall–Kier alpha value is -5.54. The third-order valence-electron chi connectivity index (χ3n) is 8.15. The highest BCUT2D eigenvalue weighted by atomic mass is 16.5. The lowest BCUT2D eigenvalue weighted by atomic mass is 10.0. The van der Waals surface area contributed by atoms with Gasteiger partial charge >= 0.3 is 0 Å². The molecule has 0 radical (unpaired) electrons. The van der Waals surface area contributed by atoms with Crippen molar-refractivity contribution in [1.29, 1.82) is 0 Å².